The third kappa shape index (κ3) is 5.89. The number of ether oxygens (including phenoxy) is 2. The van der Waals surface area contributed by atoms with E-state index in [1.165, 1.54) is 23.1 Å². The highest BCUT2D eigenvalue weighted by molar-refractivity contribution is 5.42. The summed E-state index contributed by atoms with van der Waals surface area (Å²) >= 11 is 0. The first kappa shape index (κ1) is 19.0. The van der Waals surface area contributed by atoms with Crippen molar-refractivity contribution in [2.75, 3.05) is 13.7 Å². The first-order chi connectivity index (χ1) is 13.4. The number of benzene rings is 3. The van der Waals surface area contributed by atoms with E-state index in [2.05, 4.69) is 48.5 Å². The van der Waals surface area contributed by atoms with Crippen molar-refractivity contribution < 1.29 is 9.47 Å². The van der Waals surface area contributed by atoms with Crippen LogP contribution >= 0.6 is 0 Å². The van der Waals surface area contributed by atoms with Crippen molar-refractivity contribution in [1.29, 1.82) is 0 Å². The minimum Gasteiger partial charge on any atom is -0.496 e. The van der Waals surface area contributed by atoms with Gasteiger partial charge < -0.3 is 9.47 Å². The Balaban J connectivity index is 1.52. The first-order valence-electron chi connectivity index (χ1n) is 9.73. The molecule has 0 spiro atoms. The van der Waals surface area contributed by atoms with Gasteiger partial charge >= 0.3 is 0 Å². The molecule has 0 saturated heterocycles. The first-order valence-corrected chi connectivity index (χ1v) is 9.73. The Morgan fingerprint density at radius 2 is 1.26 bits per heavy atom. The average Bonchev–Trinajstić information content (AvgIpc) is 2.73. The summed E-state index contributed by atoms with van der Waals surface area (Å²) < 4.78 is 11.6. The van der Waals surface area contributed by atoms with Crippen LogP contribution in [0.2, 0.25) is 0 Å². The maximum Gasteiger partial charge on any atom is 0.125 e. The van der Waals surface area contributed by atoms with E-state index in [1.54, 1.807) is 7.11 Å². The van der Waals surface area contributed by atoms with Crippen molar-refractivity contribution >= 4 is 0 Å². The fourth-order valence-electron chi connectivity index (χ4n) is 3.38. The zero-order valence-electron chi connectivity index (χ0n) is 16.1. The Kier molecular flexibility index (Phi) is 7.34. The van der Waals surface area contributed by atoms with Crippen molar-refractivity contribution in [3.8, 4) is 11.5 Å². The fraction of sp³-hybridized carbons (Fsp3) is 0.280. The molecule has 140 valence electrons. The quantitative estimate of drug-likeness (QED) is 0.420. The van der Waals surface area contributed by atoms with E-state index in [4.69, 9.17) is 9.47 Å². The third-order valence-corrected chi connectivity index (χ3v) is 4.77. The van der Waals surface area contributed by atoms with E-state index < -0.39 is 0 Å². The normalized spacial score (nSPS) is 10.6. The standard InChI is InChI=1S/C25H28O2/c1-26-25-22(14-9-8-13-21-11-4-2-5-12-21)15-10-16-23(25)19-20-27-24-17-6-3-7-18-24/h2-7,10-12,15-18H,8-9,13-14,19-20H2,1H3. The second-order valence-corrected chi connectivity index (χ2v) is 6.71. The molecule has 0 amide bonds. The lowest BCUT2D eigenvalue weighted by molar-refractivity contribution is 0.318. The van der Waals surface area contributed by atoms with Gasteiger partial charge in [0.25, 0.3) is 0 Å². The lowest BCUT2D eigenvalue weighted by Crippen LogP contribution is -2.04. The van der Waals surface area contributed by atoms with Crippen LogP contribution in [0, 0.1) is 0 Å². The van der Waals surface area contributed by atoms with Crippen molar-refractivity contribution in [3.63, 3.8) is 0 Å². The van der Waals surface area contributed by atoms with Gasteiger partial charge in [-0.2, -0.15) is 0 Å². The summed E-state index contributed by atoms with van der Waals surface area (Å²) in [6.07, 6.45) is 5.37. The van der Waals surface area contributed by atoms with Gasteiger partial charge in [-0.3, -0.25) is 0 Å². The highest BCUT2D eigenvalue weighted by Gasteiger charge is 2.09. The number of rotatable bonds is 10. The fourth-order valence-corrected chi connectivity index (χ4v) is 3.38. The van der Waals surface area contributed by atoms with Crippen LogP contribution in [0.5, 0.6) is 11.5 Å². The molecule has 0 heterocycles. The molecule has 0 saturated carbocycles. The Bertz CT molecular complexity index is 797. The van der Waals surface area contributed by atoms with Crippen molar-refractivity contribution in [3.05, 3.63) is 95.6 Å². The monoisotopic (exact) mass is 360 g/mol. The second-order valence-electron chi connectivity index (χ2n) is 6.71. The molecular weight excluding hydrogens is 332 g/mol. The Morgan fingerprint density at radius 3 is 1.96 bits per heavy atom. The predicted octanol–water partition coefficient (Wildman–Crippen LogP) is 5.88. The molecule has 27 heavy (non-hydrogen) atoms. The van der Waals surface area contributed by atoms with E-state index >= 15 is 0 Å². The molecule has 3 aromatic rings. The van der Waals surface area contributed by atoms with Gasteiger partial charge in [0.05, 0.1) is 13.7 Å². The minimum absolute atomic E-state index is 0.651. The second kappa shape index (κ2) is 10.4. The molecule has 0 N–H and O–H groups in total. The van der Waals surface area contributed by atoms with Crippen LogP contribution in [0.25, 0.3) is 0 Å². The number of hydrogen-bond donors (Lipinski definition) is 0. The summed E-state index contributed by atoms with van der Waals surface area (Å²) in [5.74, 6) is 1.93. The van der Waals surface area contributed by atoms with Crippen molar-refractivity contribution in [2.24, 2.45) is 0 Å². The van der Waals surface area contributed by atoms with Gasteiger partial charge in [0.1, 0.15) is 11.5 Å². The molecule has 0 aliphatic heterocycles. The smallest absolute Gasteiger partial charge is 0.125 e. The maximum atomic E-state index is 5.84. The average molecular weight is 360 g/mol. The maximum absolute atomic E-state index is 5.84. The Morgan fingerprint density at radius 1 is 0.630 bits per heavy atom. The molecule has 0 bridgehead atoms. The molecule has 0 aromatic heterocycles. The van der Waals surface area contributed by atoms with E-state index in [1.807, 2.05) is 30.3 Å². The Hall–Kier alpha value is -2.74. The molecule has 3 aromatic carbocycles. The van der Waals surface area contributed by atoms with Crippen LogP contribution < -0.4 is 9.47 Å². The molecule has 0 aliphatic rings. The SMILES string of the molecule is COc1c(CCCCc2ccccc2)cccc1CCOc1ccccc1. The van der Waals surface area contributed by atoms with E-state index in [9.17, 15) is 0 Å². The molecule has 0 unspecified atom stereocenters. The summed E-state index contributed by atoms with van der Waals surface area (Å²) in [7, 11) is 1.77. The zero-order chi connectivity index (χ0) is 18.7. The van der Waals surface area contributed by atoms with Gasteiger partial charge in [0, 0.05) is 6.42 Å². The molecule has 2 heteroatoms. The third-order valence-electron chi connectivity index (χ3n) is 4.77. The van der Waals surface area contributed by atoms with Crippen LogP contribution in [0.3, 0.4) is 0 Å². The molecule has 0 atom stereocenters. The van der Waals surface area contributed by atoms with Gasteiger partial charge in [-0.15, -0.1) is 0 Å². The summed E-state index contributed by atoms with van der Waals surface area (Å²) in [6, 6.07) is 27.1. The molecule has 0 radical (unpaired) electrons. The van der Waals surface area contributed by atoms with Crippen LogP contribution in [-0.4, -0.2) is 13.7 Å². The number of aryl methyl sites for hydroxylation is 2. The van der Waals surface area contributed by atoms with Gasteiger partial charge in [-0.05, 0) is 54.5 Å². The predicted molar refractivity (Wildman–Crippen MR) is 112 cm³/mol. The lowest BCUT2D eigenvalue weighted by Gasteiger charge is -2.14. The van der Waals surface area contributed by atoms with Crippen LogP contribution in [0.15, 0.2) is 78.9 Å². The van der Waals surface area contributed by atoms with Gasteiger partial charge in [-0.1, -0.05) is 66.7 Å². The van der Waals surface area contributed by atoms with Crippen LogP contribution in [0.1, 0.15) is 29.5 Å². The topological polar surface area (TPSA) is 18.5 Å². The van der Waals surface area contributed by atoms with E-state index in [0.717, 1.165) is 37.2 Å². The number of hydrogen-bond acceptors (Lipinski definition) is 2. The van der Waals surface area contributed by atoms with Gasteiger partial charge in [0.15, 0.2) is 0 Å². The van der Waals surface area contributed by atoms with Crippen LogP contribution in [-0.2, 0) is 19.3 Å². The number of para-hydroxylation sites is 2. The number of unbranched alkanes of at least 4 members (excludes halogenated alkanes) is 1. The summed E-state index contributed by atoms with van der Waals surface area (Å²) in [5, 5.41) is 0. The molecular formula is C25H28O2. The van der Waals surface area contributed by atoms with Gasteiger partial charge in [0.2, 0.25) is 0 Å². The van der Waals surface area contributed by atoms with Crippen molar-refractivity contribution in [2.45, 2.75) is 32.1 Å². The summed E-state index contributed by atoms with van der Waals surface area (Å²) in [5.41, 5.74) is 3.92. The molecule has 0 aliphatic carbocycles. The molecule has 3 rings (SSSR count). The highest BCUT2D eigenvalue weighted by atomic mass is 16.5. The molecule has 2 nitrogen and oxygen atoms in total. The lowest BCUT2D eigenvalue weighted by atomic mass is 10.00. The van der Waals surface area contributed by atoms with E-state index in [-0.39, 0.29) is 0 Å². The summed E-state index contributed by atoms with van der Waals surface area (Å²) in [6.45, 7) is 0.651. The Labute approximate surface area is 162 Å². The van der Waals surface area contributed by atoms with Crippen LogP contribution in [0.4, 0.5) is 0 Å². The van der Waals surface area contributed by atoms with Crippen molar-refractivity contribution in [1.82, 2.24) is 0 Å². The van der Waals surface area contributed by atoms with E-state index in [0.29, 0.717) is 6.61 Å². The zero-order valence-corrected chi connectivity index (χ0v) is 16.1. The minimum atomic E-state index is 0.651. The summed E-state index contributed by atoms with van der Waals surface area (Å²) in [4.78, 5) is 0. The molecule has 0 fully saturated rings. The largest absolute Gasteiger partial charge is 0.496 e. The highest BCUT2D eigenvalue weighted by Crippen LogP contribution is 2.26. The van der Waals surface area contributed by atoms with Gasteiger partial charge in [-0.25, -0.2) is 0 Å². The number of methoxy groups -OCH3 is 1.